The smallest absolute Gasteiger partial charge is 0.245 e. The number of halogens is 1. The van der Waals surface area contributed by atoms with E-state index in [1.807, 2.05) is 0 Å². The van der Waals surface area contributed by atoms with Gasteiger partial charge >= 0.3 is 0 Å². The Hall–Kier alpha value is -5.39. The summed E-state index contributed by atoms with van der Waals surface area (Å²) in [6.45, 7) is 7.27. The number of ether oxygens (including phenoxy) is 2. The summed E-state index contributed by atoms with van der Waals surface area (Å²) < 4.78 is 25.9. The minimum atomic E-state index is -0.512. The Morgan fingerprint density at radius 3 is 2.55 bits per heavy atom. The molecule has 2 aromatic carbocycles. The minimum absolute atomic E-state index is 0.0905. The zero-order valence-electron chi connectivity index (χ0n) is 22.9. The van der Waals surface area contributed by atoms with Gasteiger partial charge in [0.25, 0.3) is 0 Å². The molecule has 5 rings (SSSR count). The largest absolute Gasteiger partial charge is 0.489 e. The van der Waals surface area contributed by atoms with Gasteiger partial charge in [0.1, 0.15) is 53.5 Å². The van der Waals surface area contributed by atoms with Gasteiger partial charge < -0.3 is 25.4 Å². The molecule has 0 radical (unpaired) electrons. The molecule has 1 saturated heterocycles. The van der Waals surface area contributed by atoms with Crippen LogP contribution in [-0.2, 0) is 11.4 Å². The number of rotatable bonds is 11. The van der Waals surface area contributed by atoms with Crippen LogP contribution in [0.15, 0.2) is 73.8 Å². The fourth-order valence-electron chi connectivity index (χ4n) is 4.34. The lowest BCUT2D eigenvalue weighted by Gasteiger charge is -2.38. The van der Waals surface area contributed by atoms with Crippen molar-refractivity contribution in [2.45, 2.75) is 13.5 Å². The molecule has 42 heavy (non-hydrogen) atoms. The Labute approximate surface area is 241 Å². The van der Waals surface area contributed by atoms with Crippen LogP contribution in [0.5, 0.6) is 17.2 Å². The van der Waals surface area contributed by atoms with Crippen molar-refractivity contribution in [3.63, 3.8) is 0 Å². The van der Waals surface area contributed by atoms with E-state index in [2.05, 4.69) is 31.8 Å². The van der Waals surface area contributed by atoms with Crippen molar-refractivity contribution in [2.24, 2.45) is 5.92 Å². The van der Waals surface area contributed by atoms with Gasteiger partial charge in [0.2, 0.25) is 5.91 Å². The molecule has 0 aliphatic carbocycles. The first-order valence-corrected chi connectivity index (χ1v) is 13.1. The average Bonchev–Trinajstić information content (AvgIpc) is 2.96. The van der Waals surface area contributed by atoms with Crippen LogP contribution in [0.4, 0.5) is 16.0 Å². The first-order valence-electron chi connectivity index (χ1n) is 13.1. The Morgan fingerprint density at radius 1 is 1.12 bits per heavy atom. The Kier molecular flexibility index (Phi) is 8.32. The molecule has 3 heterocycles. The molecule has 0 bridgehead atoms. The Morgan fingerprint density at radius 2 is 1.83 bits per heavy atom. The molecule has 11 nitrogen and oxygen atoms in total. The van der Waals surface area contributed by atoms with E-state index in [1.165, 1.54) is 24.5 Å². The summed E-state index contributed by atoms with van der Waals surface area (Å²) in [5.41, 5.74) is 7.95. The molecule has 1 amide bonds. The zero-order chi connectivity index (χ0) is 29.6. The van der Waals surface area contributed by atoms with Crippen LogP contribution in [0, 0.1) is 24.1 Å². The summed E-state index contributed by atoms with van der Waals surface area (Å²) in [6.07, 6.45) is 5.95. The van der Waals surface area contributed by atoms with Crippen molar-refractivity contribution >= 4 is 23.3 Å². The van der Waals surface area contributed by atoms with Gasteiger partial charge in [0.05, 0.1) is 11.3 Å². The van der Waals surface area contributed by atoms with Crippen LogP contribution in [0.2, 0.25) is 0 Å². The van der Waals surface area contributed by atoms with Crippen molar-refractivity contribution in [3.8, 4) is 17.2 Å². The molecule has 12 heteroatoms. The summed E-state index contributed by atoms with van der Waals surface area (Å²) in [5.74, 6) is 1.89. The van der Waals surface area contributed by atoms with Gasteiger partial charge in [0, 0.05) is 67.3 Å². The lowest BCUT2D eigenvalue weighted by Crippen LogP contribution is -2.51. The van der Waals surface area contributed by atoms with Gasteiger partial charge in [-0.25, -0.2) is 24.3 Å². The minimum Gasteiger partial charge on any atom is -0.489 e. The van der Waals surface area contributed by atoms with E-state index < -0.39 is 5.82 Å². The number of hydrogen-bond acceptors (Lipinski definition) is 10. The maximum Gasteiger partial charge on any atom is 0.245 e. The van der Waals surface area contributed by atoms with Crippen molar-refractivity contribution in [1.82, 2.24) is 24.8 Å². The van der Waals surface area contributed by atoms with Crippen LogP contribution in [0.3, 0.4) is 0 Å². The first kappa shape index (κ1) is 28.1. The van der Waals surface area contributed by atoms with Gasteiger partial charge in [0.15, 0.2) is 0 Å². The van der Waals surface area contributed by atoms with Crippen molar-refractivity contribution in [3.05, 3.63) is 102 Å². The van der Waals surface area contributed by atoms with Crippen LogP contribution in [-0.4, -0.2) is 56.1 Å². The lowest BCUT2D eigenvalue weighted by atomic mass is 9.99. The number of nitrogens with zero attached hydrogens (tertiary/aromatic N) is 5. The molecule has 0 unspecified atom stereocenters. The van der Waals surface area contributed by atoms with Crippen LogP contribution < -0.4 is 20.5 Å². The van der Waals surface area contributed by atoms with Crippen LogP contribution in [0.25, 0.3) is 0 Å². The summed E-state index contributed by atoms with van der Waals surface area (Å²) in [6, 6.07) is 10.9. The monoisotopic (exact) mass is 568 g/mol. The van der Waals surface area contributed by atoms with Gasteiger partial charge in [-0.05, 0) is 37.3 Å². The summed E-state index contributed by atoms with van der Waals surface area (Å²) >= 11 is 0. The predicted molar refractivity (Wildman–Crippen MR) is 155 cm³/mol. The second-order valence-electron chi connectivity index (χ2n) is 9.73. The zero-order valence-corrected chi connectivity index (χ0v) is 22.9. The Bertz CT molecular complexity index is 1610. The molecule has 4 aromatic rings. The normalized spacial score (nSPS) is 12.8. The van der Waals surface area contributed by atoms with Crippen molar-refractivity contribution < 1.29 is 18.7 Å². The average molecular weight is 569 g/mol. The number of carbonyl (C=O) groups excluding carboxylic acids is 1. The highest BCUT2D eigenvalue weighted by Gasteiger charge is 2.29. The number of amides is 1. The second-order valence-corrected chi connectivity index (χ2v) is 9.73. The molecule has 0 saturated carbocycles. The lowest BCUT2D eigenvalue weighted by molar-refractivity contribution is -0.131. The highest BCUT2D eigenvalue weighted by Crippen LogP contribution is 2.29. The molecule has 2 aromatic heterocycles. The highest BCUT2D eigenvalue weighted by molar-refractivity contribution is 6.16. The number of anilines is 2. The predicted octanol–water partition coefficient (Wildman–Crippen LogP) is 4.14. The number of hydrogen-bond donors (Lipinski definition) is 3. The standard InChI is InChI=1S/C30H29FN8O3/c1-3-26(40)39-14-20(15-39)13-36-30-27(29(33)37-17-38-30)28(32)21-4-6-23(7-5-21)42-25-9-22(31)8-24(10-25)41-16-19-11-34-18(2)35-12-19/h3-12,17,20,32H,1,13-16H2,2H3,(H3,33,36,37,38). The quantitative estimate of drug-likeness (QED) is 0.179. The molecule has 0 atom stereocenters. The van der Waals surface area contributed by atoms with Gasteiger partial charge in [-0.3, -0.25) is 10.2 Å². The van der Waals surface area contributed by atoms with Crippen LogP contribution >= 0.6 is 0 Å². The number of aryl methyl sites for hydroxylation is 1. The third-order valence-electron chi connectivity index (χ3n) is 6.59. The summed E-state index contributed by atoms with van der Waals surface area (Å²) in [7, 11) is 0. The topological polar surface area (TPSA) is 152 Å². The molecule has 1 aliphatic rings. The van der Waals surface area contributed by atoms with Crippen molar-refractivity contribution in [1.29, 1.82) is 5.41 Å². The first-order chi connectivity index (χ1) is 20.3. The summed E-state index contributed by atoms with van der Waals surface area (Å²) in [4.78, 5) is 30.0. The van der Waals surface area contributed by atoms with E-state index in [0.29, 0.717) is 53.9 Å². The fraction of sp³-hybridized carbons (Fsp3) is 0.200. The van der Waals surface area contributed by atoms with E-state index in [9.17, 15) is 9.18 Å². The number of nitrogen functional groups attached to an aromatic ring is 1. The second kappa shape index (κ2) is 12.4. The molecule has 0 spiro atoms. The van der Waals surface area contributed by atoms with Crippen LogP contribution in [0.1, 0.15) is 22.5 Å². The molecule has 1 fully saturated rings. The number of nitrogens with one attached hydrogen (secondary N) is 2. The molecule has 1 aliphatic heterocycles. The molecular formula is C30H29FN8O3. The number of benzene rings is 2. The molecular weight excluding hydrogens is 539 g/mol. The number of nitrogens with two attached hydrogens (primary N) is 1. The number of carbonyl (C=O) groups is 1. The maximum absolute atomic E-state index is 14.3. The molecule has 4 N–H and O–H groups in total. The fourth-order valence-corrected chi connectivity index (χ4v) is 4.34. The number of likely N-dealkylation sites (tertiary alicyclic amines) is 1. The van der Waals surface area contributed by atoms with Gasteiger partial charge in [-0.1, -0.05) is 6.58 Å². The third-order valence-corrected chi connectivity index (χ3v) is 6.59. The third kappa shape index (κ3) is 6.66. The SMILES string of the molecule is C=CC(=O)N1CC(CNc2ncnc(N)c2C(=N)c2ccc(Oc3cc(F)cc(OCc4cnc(C)nc4)c3)cc2)C1. The number of aromatic nitrogens is 4. The molecule has 214 valence electrons. The van der Waals surface area contributed by atoms with E-state index in [4.69, 9.17) is 20.6 Å². The van der Waals surface area contributed by atoms with E-state index in [-0.39, 0.29) is 35.7 Å². The van der Waals surface area contributed by atoms with Gasteiger partial charge in [-0.15, -0.1) is 0 Å². The van der Waals surface area contributed by atoms with Gasteiger partial charge in [-0.2, -0.15) is 0 Å². The summed E-state index contributed by atoms with van der Waals surface area (Å²) in [5, 5.41) is 12.1. The van der Waals surface area contributed by atoms with E-state index >= 15 is 0 Å². The Balaban J connectivity index is 1.23. The van der Waals surface area contributed by atoms with E-state index in [0.717, 1.165) is 5.56 Å². The van der Waals surface area contributed by atoms with E-state index in [1.54, 1.807) is 54.5 Å². The van der Waals surface area contributed by atoms with Crippen molar-refractivity contribution in [2.75, 3.05) is 30.7 Å². The maximum atomic E-state index is 14.3. The highest BCUT2D eigenvalue weighted by atomic mass is 19.1.